The summed E-state index contributed by atoms with van der Waals surface area (Å²) in [5.74, 6) is 0.627. The zero-order chi connectivity index (χ0) is 24.1. The summed E-state index contributed by atoms with van der Waals surface area (Å²) < 4.78 is 8.06. The second-order valence-electron chi connectivity index (χ2n) is 8.75. The molecule has 1 aliphatic rings. The lowest BCUT2D eigenvalue weighted by Gasteiger charge is -2.16. The first-order valence-corrected chi connectivity index (χ1v) is 11.4. The number of rotatable bonds is 5. The molecule has 172 valence electrons. The van der Waals surface area contributed by atoms with Crippen molar-refractivity contribution in [2.45, 2.75) is 25.5 Å². The number of aromatic amines is 1. The molecule has 5 aromatic rings. The van der Waals surface area contributed by atoms with E-state index < -0.39 is 0 Å². The predicted molar refractivity (Wildman–Crippen MR) is 135 cm³/mol. The quantitative estimate of drug-likeness (QED) is 0.369. The molecule has 1 saturated carbocycles. The van der Waals surface area contributed by atoms with Crippen molar-refractivity contribution in [3.05, 3.63) is 82.2 Å². The van der Waals surface area contributed by atoms with Crippen LogP contribution in [0, 0.1) is 6.57 Å². The standard InChI is InChI=1S/C27H22N6O2/c1-29-24-21(12-15-5-3-4-6-18(15)26(24)35-17-8-9-17)25-22(14-30-33(25)2)16-7-10-19-20(11-16)23(13-28)31-32-27(19)34/h3-7,10-12,14,17H,8-9,13,28H2,2H3,(H,32,34). The number of H-pyrrole nitrogens is 1. The van der Waals surface area contributed by atoms with Crippen LogP contribution in [0.2, 0.25) is 0 Å². The van der Waals surface area contributed by atoms with E-state index in [-0.39, 0.29) is 18.2 Å². The summed E-state index contributed by atoms with van der Waals surface area (Å²) in [6.45, 7) is 8.25. The Morgan fingerprint density at radius 3 is 2.74 bits per heavy atom. The Labute approximate surface area is 200 Å². The number of aryl methyl sites for hydroxylation is 1. The molecule has 35 heavy (non-hydrogen) atoms. The molecule has 8 heteroatoms. The molecule has 2 aromatic heterocycles. The third kappa shape index (κ3) is 3.45. The van der Waals surface area contributed by atoms with Gasteiger partial charge in [-0.15, -0.1) is 0 Å². The van der Waals surface area contributed by atoms with Gasteiger partial charge in [0.15, 0.2) is 0 Å². The van der Waals surface area contributed by atoms with Crippen LogP contribution < -0.4 is 16.0 Å². The van der Waals surface area contributed by atoms with E-state index in [2.05, 4.69) is 20.1 Å². The number of hydrogen-bond donors (Lipinski definition) is 2. The fourth-order valence-corrected chi connectivity index (χ4v) is 4.58. The summed E-state index contributed by atoms with van der Waals surface area (Å²) in [6, 6.07) is 15.6. The first kappa shape index (κ1) is 21.1. The lowest BCUT2D eigenvalue weighted by atomic mass is 9.95. The monoisotopic (exact) mass is 462 g/mol. The van der Waals surface area contributed by atoms with Crippen LogP contribution >= 0.6 is 0 Å². The summed E-state index contributed by atoms with van der Waals surface area (Å²) >= 11 is 0. The molecule has 3 N–H and O–H groups in total. The lowest BCUT2D eigenvalue weighted by Crippen LogP contribution is -2.13. The van der Waals surface area contributed by atoms with Gasteiger partial charge in [0.05, 0.1) is 35.6 Å². The maximum Gasteiger partial charge on any atom is 0.272 e. The summed E-state index contributed by atoms with van der Waals surface area (Å²) in [6.07, 6.45) is 3.94. The predicted octanol–water partition coefficient (Wildman–Crippen LogP) is 4.69. The normalized spacial score (nSPS) is 13.3. The SMILES string of the molecule is [C-]#[N+]c1c(-c2c(-c3ccc4c(=O)[nH]nc(CN)c4c3)cnn2C)cc2ccccc2c1OC1CC1. The zero-order valence-electron chi connectivity index (χ0n) is 19.1. The van der Waals surface area contributed by atoms with Gasteiger partial charge in [-0.1, -0.05) is 36.4 Å². The van der Waals surface area contributed by atoms with Gasteiger partial charge in [0.1, 0.15) is 5.75 Å². The highest BCUT2D eigenvalue weighted by atomic mass is 16.5. The van der Waals surface area contributed by atoms with Crippen LogP contribution in [0.25, 0.3) is 48.8 Å². The maximum absolute atomic E-state index is 12.3. The average molecular weight is 463 g/mol. The van der Waals surface area contributed by atoms with Crippen molar-refractivity contribution in [2.75, 3.05) is 0 Å². The van der Waals surface area contributed by atoms with Crippen molar-refractivity contribution >= 4 is 27.2 Å². The van der Waals surface area contributed by atoms with Crippen molar-refractivity contribution < 1.29 is 4.74 Å². The molecule has 0 aliphatic heterocycles. The third-order valence-corrected chi connectivity index (χ3v) is 6.46. The molecule has 0 saturated heterocycles. The number of fused-ring (bicyclic) bond motifs is 2. The molecule has 1 aliphatic carbocycles. The lowest BCUT2D eigenvalue weighted by molar-refractivity contribution is 0.309. The van der Waals surface area contributed by atoms with Crippen molar-refractivity contribution in [1.29, 1.82) is 0 Å². The number of hydrogen-bond acceptors (Lipinski definition) is 5. The van der Waals surface area contributed by atoms with Gasteiger partial charge in [-0.25, -0.2) is 9.94 Å². The van der Waals surface area contributed by atoms with Crippen LogP contribution in [0.3, 0.4) is 0 Å². The Bertz CT molecular complexity index is 1720. The highest BCUT2D eigenvalue weighted by Gasteiger charge is 2.28. The number of benzene rings is 3. The molecule has 8 nitrogen and oxygen atoms in total. The smallest absolute Gasteiger partial charge is 0.272 e. The molecule has 0 unspecified atom stereocenters. The van der Waals surface area contributed by atoms with E-state index in [9.17, 15) is 4.79 Å². The Balaban J connectivity index is 1.62. The Kier molecular flexibility index (Phi) is 4.87. The molecule has 0 bridgehead atoms. The molecule has 0 amide bonds. The van der Waals surface area contributed by atoms with Gasteiger partial charge in [0.2, 0.25) is 5.69 Å². The minimum atomic E-state index is -0.262. The van der Waals surface area contributed by atoms with Crippen LogP contribution in [0.1, 0.15) is 18.5 Å². The maximum atomic E-state index is 12.3. The molecule has 0 radical (unpaired) electrons. The second kappa shape index (κ2) is 8.08. The van der Waals surface area contributed by atoms with Gasteiger partial charge in [-0.3, -0.25) is 9.48 Å². The molecule has 0 atom stereocenters. The van der Waals surface area contributed by atoms with Crippen LogP contribution in [-0.2, 0) is 13.6 Å². The molecule has 2 heterocycles. The van der Waals surface area contributed by atoms with E-state index in [0.29, 0.717) is 27.9 Å². The molecule has 3 aromatic carbocycles. The van der Waals surface area contributed by atoms with Crippen molar-refractivity contribution in [1.82, 2.24) is 20.0 Å². The zero-order valence-corrected chi connectivity index (χ0v) is 19.1. The molecule has 6 rings (SSSR count). The average Bonchev–Trinajstić information content (AvgIpc) is 3.62. The summed E-state index contributed by atoms with van der Waals surface area (Å²) in [5.41, 5.74) is 9.96. The van der Waals surface area contributed by atoms with E-state index in [1.807, 2.05) is 49.5 Å². The Hall–Kier alpha value is -4.48. The molecular weight excluding hydrogens is 440 g/mol. The van der Waals surface area contributed by atoms with E-state index in [1.54, 1.807) is 16.9 Å². The van der Waals surface area contributed by atoms with Crippen LogP contribution in [0.15, 0.2) is 59.5 Å². The number of nitrogens with two attached hydrogens (primary N) is 1. The van der Waals surface area contributed by atoms with E-state index in [0.717, 1.165) is 46.0 Å². The fraction of sp³-hybridized carbons (Fsp3) is 0.185. The first-order valence-electron chi connectivity index (χ1n) is 11.4. The van der Waals surface area contributed by atoms with E-state index >= 15 is 0 Å². The first-order chi connectivity index (χ1) is 17.1. The van der Waals surface area contributed by atoms with E-state index in [4.69, 9.17) is 17.0 Å². The Morgan fingerprint density at radius 1 is 1.14 bits per heavy atom. The third-order valence-electron chi connectivity index (χ3n) is 6.46. The topological polar surface area (TPSA) is 103 Å². The van der Waals surface area contributed by atoms with Crippen LogP contribution in [-0.4, -0.2) is 26.1 Å². The molecule has 0 spiro atoms. The van der Waals surface area contributed by atoms with Crippen LogP contribution in [0.5, 0.6) is 5.75 Å². The van der Waals surface area contributed by atoms with Gasteiger partial charge in [0.25, 0.3) is 5.56 Å². The van der Waals surface area contributed by atoms with E-state index in [1.165, 1.54) is 0 Å². The minimum absolute atomic E-state index is 0.154. The number of aromatic nitrogens is 4. The fourth-order valence-electron chi connectivity index (χ4n) is 4.58. The second-order valence-corrected chi connectivity index (χ2v) is 8.75. The molecule has 1 fully saturated rings. The van der Waals surface area contributed by atoms with Gasteiger partial charge in [-0.05, 0) is 35.9 Å². The van der Waals surface area contributed by atoms with Crippen molar-refractivity contribution in [3.8, 4) is 28.1 Å². The van der Waals surface area contributed by atoms with Gasteiger partial charge in [-0.2, -0.15) is 10.2 Å². The minimum Gasteiger partial charge on any atom is -0.501 e. The van der Waals surface area contributed by atoms with Gasteiger partial charge in [0, 0.05) is 35.5 Å². The van der Waals surface area contributed by atoms with Crippen LogP contribution in [0.4, 0.5) is 5.69 Å². The van der Waals surface area contributed by atoms with Gasteiger partial charge >= 0.3 is 0 Å². The largest absolute Gasteiger partial charge is 0.501 e. The van der Waals surface area contributed by atoms with Gasteiger partial charge < -0.3 is 10.5 Å². The summed E-state index contributed by atoms with van der Waals surface area (Å²) in [5, 5.41) is 14.3. The summed E-state index contributed by atoms with van der Waals surface area (Å²) in [7, 11) is 1.86. The summed E-state index contributed by atoms with van der Waals surface area (Å²) in [4.78, 5) is 16.2. The number of ether oxygens (including phenoxy) is 1. The highest BCUT2D eigenvalue weighted by molar-refractivity contribution is 6.03. The Morgan fingerprint density at radius 2 is 1.97 bits per heavy atom. The number of nitrogens with one attached hydrogen (secondary N) is 1. The van der Waals surface area contributed by atoms with Crippen molar-refractivity contribution in [3.63, 3.8) is 0 Å². The van der Waals surface area contributed by atoms with Crippen molar-refractivity contribution in [2.24, 2.45) is 12.8 Å². The molecular formula is C27H22N6O2. The number of nitrogens with zero attached hydrogens (tertiary/aromatic N) is 4. The highest BCUT2D eigenvalue weighted by Crippen LogP contribution is 2.48.